The fourth-order valence-electron chi connectivity index (χ4n) is 2.16. The fourth-order valence-corrected chi connectivity index (χ4v) is 2.16. The topological polar surface area (TPSA) is 175 Å². The lowest BCUT2D eigenvalue weighted by atomic mass is 9.99. The Balaban J connectivity index is 2.68. The second-order valence-electron chi connectivity index (χ2n) is 5.12. The van der Waals surface area contributed by atoms with Gasteiger partial charge in [-0.2, -0.15) is 15.8 Å². The summed E-state index contributed by atoms with van der Waals surface area (Å²) in [6.07, 6.45) is 1.30. The average molecular weight is 348 g/mol. The molecule has 0 atom stereocenters. The van der Waals surface area contributed by atoms with Crippen molar-refractivity contribution in [2.24, 2.45) is 5.73 Å². The van der Waals surface area contributed by atoms with Crippen LogP contribution < -0.4 is 5.73 Å². The average Bonchev–Trinajstić information content (AvgIpc) is 3.23. The third kappa shape index (κ3) is 3.32. The summed E-state index contributed by atoms with van der Waals surface area (Å²) in [5.41, 5.74) is 7.85. The Hall–Kier alpha value is -4.23. The van der Waals surface area contributed by atoms with E-state index in [1.807, 2.05) is 6.07 Å². The highest BCUT2D eigenvalue weighted by molar-refractivity contribution is 5.84. The number of aryl methyl sites for hydroxylation is 2. The molecular weight excluding hydrogens is 336 g/mol. The van der Waals surface area contributed by atoms with E-state index in [2.05, 4.69) is 29.9 Å². The number of nitriles is 3. The van der Waals surface area contributed by atoms with Gasteiger partial charge in [0.1, 0.15) is 46.6 Å². The summed E-state index contributed by atoms with van der Waals surface area (Å²) < 4.78 is 9.26. The lowest BCUT2D eigenvalue weighted by molar-refractivity contribution is 0.303. The summed E-state index contributed by atoms with van der Waals surface area (Å²) in [4.78, 5) is 0. The predicted octanol–water partition coefficient (Wildman–Crippen LogP) is 1.71. The third-order valence-corrected chi connectivity index (χ3v) is 3.48. The van der Waals surface area contributed by atoms with Crippen molar-refractivity contribution >= 4 is 11.1 Å². The van der Waals surface area contributed by atoms with Gasteiger partial charge in [-0.1, -0.05) is 10.3 Å². The van der Waals surface area contributed by atoms with Gasteiger partial charge in [-0.25, -0.2) is 9.26 Å². The van der Waals surface area contributed by atoms with Gasteiger partial charge in [-0.3, -0.25) is 0 Å². The highest BCUT2D eigenvalue weighted by Crippen LogP contribution is 2.26. The van der Waals surface area contributed by atoms with Crippen LogP contribution in [0.4, 0.5) is 0 Å². The van der Waals surface area contributed by atoms with Crippen molar-refractivity contribution in [2.75, 3.05) is 0 Å². The summed E-state index contributed by atoms with van der Waals surface area (Å²) in [5, 5.41) is 42.7. The fraction of sp³-hybridized carbons (Fsp3) is 0.188. The van der Waals surface area contributed by atoms with Crippen LogP contribution in [0, 0.1) is 47.8 Å². The standard InChI is InChI=1S/C16H12N8O2/c1-8(15-9(2)21-25-23-15)13(7-19)14(20)4-12(11(5-17)6-18)16-10(3)22-26-24-16/h4H,20H2,1-3H3/b13-8+,14-4-. The molecule has 0 unspecified atom stereocenters. The van der Waals surface area contributed by atoms with Gasteiger partial charge in [0.05, 0.1) is 11.3 Å². The Bertz CT molecular complexity index is 1050. The monoisotopic (exact) mass is 348 g/mol. The van der Waals surface area contributed by atoms with Crippen molar-refractivity contribution in [3.05, 3.63) is 45.7 Å². The normalized spacial score (nSPS) is 11.8. The maximum Gasteiger partial charge on any atom is 0.140 e. The molecule has 10 heteroatoms. The molecule has 2 aromatic heterocycles. The first-order valence-corrected chi connectivity index (χ1v) is 7.16. The molecule has 2 aromatic rings. The minimum absolute atomic E-state index is 0.00722. The molecule has 0 fully saturated rings. The van der Waals surface area contributed by atoms with Crippen LogP contribution in [0.5, 0.6) is 0 Å². The van der Waals surface area contributed by atoms with Gasteiger partial charge in [0.2, 0.25) is 0 Å². The Morgan fingerprint density at radius 1 is 0.923 bits per heavy atom. The third-order valence-electron chi connectivity index (χ3n) is 3.48. The predicted molar refractivity (Wildman–Crippen MR) is 86.7 cm³/mol. The van der Waals surface area contributed by atoms with Gasteiger partial charge in [0.15, 0.2) is 0 Å². The Morgan fingerprint density at radius 2 is 1.46 bits per heavy atom. The van der Waals surface area contributed by atoms with E-state index >= 15 is 0 Å². The molecule has 0 saturated carbocycles. The molecule has 0 bridgehead atoms. The lowest BCUT2D eigenvalue weighted by Gasteiger charge is -2.05. The highest BCUT2D eigenvalue weighted by Gasteiger charge is 2.18. The van der Waals surface area contributed by atoms with Gasteiger partial charge in [-0.05, 0) is 37.2 Å². The molecule has 2 N–H and O–H groups in total. The van der Waals surface area contributed by atoms with E-state index in [1.54, 1.807) is 32.9 Å². The van der Waals surface area contributed by atoms with E-state index < -0.39 is 0 Å². The summed E-state index contributed by atoms with van der Waals surface area (Å²) in [6.45, 7) is 4.90. The Morgan fingerprint density at radius 3 is 1.88 bits per heavy atom. The van der Waals surface area contributed by atoms with Gasteiger partial charge >= 0.3 is 0 Å². The number of rotatable bonds is 4. The Kier molecular flexibility index (Phi) is 5.27. The molecule has 0 aliphatic rings. The van der Waals surface area contributed by atoms with Crippen molar-refractivity contribution in [1.29, 1.82) is 15.8 Å². The molecule has 26 heavy (non-hydrogen) atoms. The van der Waals surface area contributed by atoms with Crippen molar-refractivity contribution in [3.63, 3.8) is 0 Å². The van der Waals surface area contributed by atoms with Crippen molar-refractivity contribution in [3.8, 4) is 18.2 Å². The highest BCUT2D eigenvalue weighted by atomic mass is 16.6. The van der Waals surface area contributed by atoms with E-state index in [0.717, 1.165) is 0 Å². The first-order chi connectivity index (χ1) is 12.4. The second kappa shape index (κ2) is 7.56. The molecule has 0 aliphatic carbocycles. The molecule has 0 spiro atoms. The van der Waals surface area contributed by atoms with Crippen LogP contribution in [0.2, 0.25) is 0 Å². The zero-order valence-electron chi connectivity index (χ0n) is 14.1. The Labute approximate surface area is 148 Å². The molecule has 2 rings (SSSR count). The molecule has 0 saturated heterocycles. The van der Waals surface area contributed by atoms with Crippen LogP contribution in [0.1, 0.15) is 29.7 Å². The summed E-state index contributed by atoms with van der Waals surface area (Å²) in [5.74, 6) is 0. The van der Waals surface area contributed by atoms with E-state index in [-0.39, 0.29) is 28.1 Å². The molecule has 2 heterocycles. The zero-order valence-corrected chi connectivity index (χ0v) is 14.1. The number of nitrogens with zero attached hydrogens (tertiary/aromatic N) is 7. The second-order valence-corrected chi connectivity index (χ2v) is 5.12. The van der Waals surface area contributed by atoms with Crippen molar-refractivity contribution < 1.29 is 9.26 Å². The number of nitrogens with two attached hydrogens (primary N) is 1. The van der Waals surface area contributed by atoms with E-state index in [1.165, 1.54) is 6.08 Å². The maximum absolute atomic E-state index is 9.51. The summed E-state index contributed by atoms with van der Waals surface area (Å²) >= 11 is 0. The van der Waals surface area contributed by atoms with Gasteiger partial charge < -0.3 is 5.73 Å². The molecule has 0 radical (unpaired) electrons. The quantitative estimate of drug-likeness (QED) is 0.632. The summed E-state index contributed by atoms with van der Waals surface area (Å²) in [6, 6.07) is 5.52. The smallest absolute Gasteiger partial charge is 0.140 e. The number of allylic oxidation sites excluding steroid dienone is 5. The van der Waals surface area contributed by atoms with Crippen LogP contribution in [-0.2, 0) is 0 Å². The maximum atomic E-state index is 9.51. The minimum atomic E-state index is -0.249. The molecule has 0 amide bonds. The van der Waals surface area contributed by atoms with Gasteiger partial charge in [-0.15, -0.1) is 0 Å². The zero-order chi connectivity index (χ0) is 19.3. The van der Waals surface area contributed by atoms with Crippen LogP contribution in [0.25, 0.3) is 11.1 Å². The van der Waals surface area contributed by atoms with Gasteiger partial charge in [0.25, 0.3) is 0 Å². The van der Waals surface area contributed by atoms with E-state index in [4.69, 9.17) is 5.73 Å². The summed E-state index contributed by atoms with van der Waals surface area (Å²) in [7, 11) is 0. The molecule has 128 valence electrons. The molecule has 10 nitrogen and oxygen atoms in total. The molecule has 0 aromatic carbocycles. The van der Waals surface area contributed by atoms with Gasteiger partial charge in [0, 0.05) is 11.1 Å². The first kappa shape index (κ1) is 18.1. The van der Waals surface area contributed by atoms with Crippen LogP contribution in [0.3, 0.4) is 0 Å². The molecule has 0 aliphatic heterocycles. The van der Waals surface area contributed by atoms with Crippen molar-refractivity contribution in [2.45, 2.75) is 20.8 Å². The first-order valence-electron chi connectivity index (χ1n) is 7.16. The van der Waals surface area contributed by atoms with Crippen LogP contribution in [0.15, 0.2) is 32.2 Å². The minimum Gasteiger partial charge on any atom is -0.398 e. The number of hydrogen-bond donors (Lipinski definition) is 1. The van der Waals surface area contributed by atoms with E-state index in [0.29, 0.717) is 22.7 Å². The number of hydrogen-bond acceptors (Lipinski definition) is 10. The van der Waals surface area contributed by atoms with Crippen LogP contribution in [-0.4, -0.2) is 20.6 Å². The van der Waals surface area contributed by atoms with Crippen molar-refractivity contribution in [1.82, 2.24) is 20.6 Å². The lowest BCUT2D eigenvalue weighted by Crippen LogP contribution is -2.04. The largest absolute Gasteiger partial charge is 0.398 e. The SMILES string of the molecule is C/C(=C(C#N)\C(N)=C\C(=C(C#N)C#N)c1nonc1C)c1nonc1C. The number of aromatic nitrogens is 4. The molecular formula is C16H12N8O2. The van der Waals surface area contributed by atoms with E-state index in [9.17, 15) is 15.8 Å². The van der Waals surface area contributed by atoms with Crippen LogP contribution >= 0.6 is 0 Å².